The molecule has 5 heteroatoms. The van der Waals surface area contributed by atoms with Crippen LogP contribution >= 0.6 is 0 Å². The Hall–Kier alpha value is -3.99. The summed E-state index contributed by atoms with van der Waals surface area (Å²) in [4.78, 5) is 40.2. The van der Waals surface area contributed by atoms with E-state index in [0.717, 1.165) is 32.3 Å². The monoisotopic (exact) mass is 450 g/mol. The molecule has 4 aromatic rings. The van der Waals surface area contributed by atoms with Gasteiger partial charge < -0.3 is 0 Å². The van der Waals surface area contributed by atoms with Crippen LogP contribution in [0, 0.1) is 12.8 Å². The van der Waals surface area contributed by atoms with Crippen LogP contribution in [0.3, 0.4) is 0 Å². The summed E-state index contributed by atoms with van der Waals surface area (Å²) >= 11 is 0. The standard InChI is InChI=1S/C29H26N2O3/c1-17-7-5-10-21(15-17)28(34)31(29(2,3)4)30-27(33)23-16-20-12-11-18-8-6-9-19-13-14-22(26(23)32)25(20)24(18)19/h5-16,23H,1-4H3,(H,30,33). The number of carbonyl (C=O) groups excluding carboxylic acids is 3. The van der Waals surface area contributed by atoms with Crippen molar-refractivity contribution >= 4 is 45.2 Å². The maximum Gasteiger partial charge on any atom is 0.272 e. The third kappa shape index (κ3) is 3.54. The minimum absolute atomic E-state index is 0.264. The Morgan fingerprint density at radius 3 is 2.24 bits per heavy atom. The highest BCUT2D eigenvalue weighted by Crippen LogP contribution is 2.31. The molecule has 1 atom stereocenters. The molecule has 4 aromatic carbocycles. The molecule has 1 unspecified atom stereocenters. The van der Waals surface area contributed by atoms with Gasteiger partial charge in [-0.25, -0.2) is 5.01 Å². The number of hydrazine groups is 1. The number of benzene rings is 4. The number of Topliss-reactive ketones (excluding diaryl/α,β-unsaturated/α-hetero) is 1. The zero-order valence-corrected chi connectivity index (χ0v) is 19.7. The molecular formula is C29H26N2O3. The second kappa shape index (κ2) is 7.80. The third-order valence-corrected chi connectivity index (χ3v) is 6.35. The van der Waals surface area contributed by atoms with Gasteiger partial charge in [-0.15, -0.1) is 0 Å². The van der Waals surface area contributed by atoms with Gasteiger partial charge in [0, 0.05) is 16.5 Å². The Morgan fingerprint density at radius 2 is 1.56 bits per heavy atom. The van der Waals surface area contributed by atoms with Gasteiger partial charge in [-0.3, -0.25) is 19.8 Å². The molecule has 0 radical (unpaired) electrons. The van der Waals surface area contributed by atoms with Gasteiger partial charge in [0.25, 0.3) is 11.8 Å². The highest BCUT2D eigenvalue weighted by Gasteiger charge is 2.35. The zero-order chi connectivity index (χ0) is 24.2. The molecule has 0 saturated carbocycles. The lowest BCUT2D eigenvalue weighted by molar-refractivity contribution is -0.127. The predicted octanol–water partition coefficient (Wildman–Crippen LogP) is 4.59. The Morgan fingerprint density at radius 1 is 0.882 bits per heavy atom. The largest absolute Gasteiger partial charge is 0.293 e. The molecule has 0 aliphatic heterocycles. The number of ketones is 1. The van der Waals surface area contributed by atoms with E-state index in [1.54, 1.807) is 24.3 Å². The molecule has 170 valence electrons. The second-order valence-electron chi connectivity index (χ2n) is 9.89. The van der Waals surface area contributed by atoms with Crippen molar-refractivity contribution in [2.75, 3.05) is 0 Å². The fraction of sp³-hybridized carbons (Fsp3) is 0.207. The normalized spacial score (nSPS) is 15.3. The summed E-state index contributed by atoms with van der Waals surface area (Å²) in [7, 11) is 0. The molecule has 0 aromatic heterocycles. The Bertz CT molecular complexity index is 1530. The SMILES string of the molecule is Cc1cccc(C(=O)N(NC(=O)C2C=c3ccc4cccc5ccc(c3c54)C2=O)C(C)(C)C)c1. The number of hydrogen-bond donors (Lipinski definition) is 1. The zero-order valence-electron chi connectivity index (χ0n) is 19.7. The van der Waals surface area contributed by atoms with Crippen LogP contribution in [-0.2, 0) is 4.79 Å². The fourth-order valence-corrected chi connectivity index (χ4v) is 4.68. The van der Waals surface area contributed by atoms with Gasteiger partial charge >= 0.3 is 0 Å². The summed E-state index contributed by atoms with van der Waals surface area (Å²) in [6.07, 6.45) is 1.71. The number of nitrogens with one attached hydrogen (secondary N) is 1. The van der Waals surface area contributed by atoms with Crippen molar-refractivity contribution in [2.24, 2.45) is 5.92 Å². The molecule has 0 fully saturated rings. The van der Waals surface area contributed by atoms with Crippen LogP contribution in [0.1, 0.15) is 47.1 Å². The maximum absolute atomic E-state index is 13.5. The van der Waals surface area contributed by atoms with Crippen molar-refractivity contribution < 1.29 is 14.4 Å². The van der Waals surface area contributed by atoms with Crippen LogP contribution in [0.15, 0.2) is 66.7 Å². The van der Waals surface area contributed by atoms with Gasteiger partial charge in [-0.05, 0) is 61.2 Å². The summed E-state index contributed by atoms with van der Waals surface area (Å²) in [5.41, 5.74) is 4.02. The topological polar surface area (TPSA) is 66.5 Å². The van der Waals surface area contributed by atoms with E-state index < -0.39 is 17.4 Å². The van der Waals surface area contributed by atoms with E-state index in [9.17, 15) is 14.4 Å². The van der Waals surface area contributed by atoms with E-state index in [1.165, 1.54) is 5.01 Å². The van der Waals surface area contributed by atoms with E-state index in [4.69, 9.17) is 0 Å². The van der Waals surface area contributed by atoms with Crippen LogP contribution in [0.2, 0.25) is 0 Å². The molecule has 2 amide bonds. The lowest BCUT2D eigenvalue weighted by Crippen LogP contribution is -2.57. The molecule has 0 heterocycles. The first-order valence-electron chi connectivity index (χ1n) is 11.4. The second-order valence-corrected chi connectivity index (χ2v) is 9.89. The van der Waals surface area contributed by atoms with E-state index in [2.05, 4.69) is 5.43 Å². The van der Waals surface area contributed by atoms with Gasteiger partial charge in [-0.1, -0.05) is 66.2 Å². The molecule has 0 saturated heterocycles. The van der Waals surface area contributed by atoms with E-state index in [-0.39, 0.29) is 11.7 Å². The van der Waals surface area contributed by atoms with Crippen molar-refractivity contribution in [1.82, 2.24) is 10.4 Å². The average Bonchev–Trinajstić information content (AvgIpc) is 2.80. The summed E-state index contributed by atoms with van der Waals surface area (Å²) in [6, 6.07) is 21.0. The first kappa shape index (κ1) is 21.8. The first-order chi connectivity index (χ1) is 16.1. The molecule has 5 nitrogen and oxygen atoms in total. The van der Waals surface area contributed by atoms with E-state index in [0.29, 0.717) is 11.1 Å². The third-order valence-electron chi connectivity index (χ3n) is 6.35. The minimum Gasteiger partial charge on any atom is -0.293 e. The predicted molar refractivity (Wildman–Crippen MR) is 134 cm³/mol. The van der Waals surface area contributed by atoms with Crippen LogP contribution in [-0.4, -0.2) is 28.1 Å². The minimum atomic E-state index is -1.02. The molecule has 0 bridgehead atoms. The lowest BCUT2D eigenvalue weighted by Gasteiger charge is -2.36. The van der Waals surface area contributed by atoms with Gasteiger partial charge in [0.1, 0.15) is 5.92 Å². The number of rotatable bonds is 2. The highest BCUT2D eigenvalue weighted by atomic mass is 16.2. The Balaban J connectivity index is 1.54. The lowest BCUT2D eigenvalue weighted by atomic mass is 9.84. The molecule has 1 N–H and O–H groups in total. The highest BCUT2D eigenvalue weighted by molar-refractivity contribution is 6.25. The van der Waals surface area contributed by atoms with Crippen LogP contribution in [0.5, 0.6) is 0 Å². The smallest absolute Gasteiger partial charge is 0.272 e. The van der Waals surface area contributed by atoms with E-state index >= 15 is 0 Å². The van der Waals surface area contributed by atoms with Crippen molar-refractivity contribution in [3.63, 3.8) is 0 Å². The fourth-order valence-electron chi connectivity index (χ4n) is 4.68. The number of aryl methyl sites for hydroxylation is 1. The Kier molecular flexibility index (Phi) is 5.01. The summed E-state index contributed by atoms with van der Waals surface area (Å²) < 4.78 is 0. The summed E-state index contributed by atoms with van der Waals surface area (Å²) in [5, 5.41) is 6.21. The van der Waals surface area contributed by atoms with Gasteiger partial charge in [-0.2, -0.15) is 0 Å². The molecule has 1 aliphatic carbocycles. The molecular weight excluding hydrogens is 424 g/mol. The number of amides is 2. The van der Waals surface area contributed by atoms with Crippen molar-refractivity contribution in [3.05, 3.63) is 88.6 Å². The molecule has 5 rings (SSSR count). The number of hydrogen-bond acceptors (Lipinski definition) is 3. The first-order valence-corrected chi connectivity index (χ1v) is 11.4. The maximum atomic E-state index is 13.5. The van der Waals surface area contributed by atoms with Crippen LogP contribution in [0.25, 0.3) is 27.6 Å². The molecule has 0 spiro atoms. The van der Waals surface area contributed by atoms with Crippen LogP contribution < -0.4 is 10.6 Å². The summed E-state index contributed by atoms with van der Waals surface area (Å²) in [5.74, 6) is -2.13. The average molecular weight is 451 g/mol. The molecule has 34 heavy (non-hydrogen) atoms. The van der Waals surface area contributed by atoms with Crippen molar-refractivity contribution in [1.29, 1.82) is 0 Å². The van der Waals surface area contributed by atoms with Crippen molar-refractivity contribution in [2.45, 2.75) is 33.2 Å². The quantitative estimate of drug-likeness (QED) is 0.359. The summed E-state index contributed by atoms with van der Waals surface area (Å²) in [6.45, 7) is 7.44. The Labute approximate surface area is 198 Å². The molecule has 1 aliphatic rings. The van der Waals surface area contributed by atoms with Gasteiger partial charge in [0.15, 0.2) is 5.78 Å². The van der Waals surface area contributed by atoms with Crippen LogP contribution in [0.4, 0.5) is 0 Å². The van der Waals surface area contributed by atoms with Gasteiger partial charge in [0.05, 0.1) is 5.54 Å². The number of carbonyl (C=O) groups is 3. The van der Waals surface area contributed by atoms with Gasteiger partial charge in [0.2, 0.25) is 0 Å². The van der Waals surface area contributed by atoms with E-state index in [1.807, 2.05) is 76.2 Å². The van der Waals surface area contributed by atoms with Crippen molar-refractivity contribution in [3.8, 4) is 0 Å². The number of nitrogens with zero attached hydrogens (tertiary/aromatic N) is 1.